The van der Waals surface area contributed by atoms with Gasteiger partial charge in [-0.15, -0.1) is 0 Å². The minimum atomic E-state index is 0.422. The lowest BCUT2D eigenvalue weighted by atomic mass is 10.0. The van der Waals surface area contributed by atoms with E-state index in [9.17, 15) is 0 Å². The molecule has 0 radical (unpaired) electrons. The van der Waals surface area contributed by atoms with Gasteiger partial charge in [-0.25, -0.2) is 4.98 Å². The van der Waals surface area contributed by atoms with Gasteiger partial charge in [0, 0.05) is 11.7 Å². The molecule has 0 aliphatic carbocycles. The molecule has 1 heterocycles. The van der Waals surface area contributed by atoms with Crippen LogP contribution in [-0.2, 0) is 0 Å². The molecule has 0 amide bonds. The second kappa shape index (κ2) is 6.48. The lowest BCUT2D eigenvalue weighted by Gasteiger charge is -2.16. The number of nitrogens with zero attached hydrogens (tertiary/aromatic N) is 1. The molecule has 0 aliphatic rings. The molecule has 3 nitrogen and oxygen atoms in total. The molecule has 1 unspecified atom stereocenters. The Kier molecular flexibility index (Phi) is 5.26. The molecule has 1 aromatic rings. The van der Waals surface area contributed by atoms with Gasteiger partial charge in [0.15, 0.2) is 0 Å². The lowest BCUT2D eigenvalue weighted by molar-refractivity contribution is 0.520. The van der Waals surface area contributed by atoms with Crippen molar-refractivity contribution >= 4 is 11.5 Å². The average molecular weight is 235 g/mol. The van der Waals surface area contributed by atoms with Crippen LogP contribution in [0.5, 0.6) is 0 Å². The molecule has 1 atom stereocenters. The summed E-state index contributed by atoms with van der Waals surface area (Å²) in [6, 6.07) is 4.26. The van der Waals surface area contributed by atoms with Crippen LogP contribution < -0.4 is 11.1 Å². The van der Waals surface area contributed by atoms with Crippen LogP contribution in [0.2, 0.25) is 0 Å². The van der Waals surface area contributed by atoms with Crippen molar-refractivity contribution in [2.45, 2.75) is 53.0 Å². The van der Waals surface area contributed by atoms with E-state index in [-0.39, 0.29) is 0 Å². The normalized spacial score (nSPS) is 12.8. The summed E-state index contributed by atoms with van der Waals surface area (Å²) in [5.41, 5.74) is 7.61. The minimum Gasteiger partial charge on any atom is -0.396 e. The van der Waals surface area contributed by atoms with E-state index in [2.05, 4.69) is 31.1 Å². The first-order valence-corrected chi connectivity index (χ1v) is 6.48. The Morgan fingerprint density at radius 3 is 2.59 bits per heavy atom. The Morgan fingerprint density at radius 1 is 1.24 bits per heavy atom. The van der Waals surface area contributed by atoms with Crippen molar-refractivity contribution < 1.29 is 0 Å². The van der Waals surface area contributed by atoms with Gasteiger partial charge in [0.1, 0.15) is 5.82 Å². The monoisotopic (exact) mass is 235 g/mol. The fourth-order valence-corrected chi connectivity index (χ4v) is 1.82. The number of nitrogens with two attached hydrogens (primary N) is 1. The van der Waals surface area contributed by atoms with Crippen molar-refractivity contribution in [3.05, 3.63) is 17.8 Å². The number of aryl methyl sites for hydroxylation is 1. The highest BCUT2D eigenvalue weighted by molar-refractivity contribution is 5.61. The molecule has 96 valence electrons. The Hall–Kier alpha value is -1.25. The maximum atomic E-state index is 5.89. The molecular weight excluding hydrogens is 210 g/mol. The Labute approximate surface area is 105 Å². The zero-order chi connectivity index (χ0) is 12.8. The molecule has 3 heteroatoms. The van der Waals surface area contributed by atoms with E-state index in [1.807, 2.05) is 19.1 Å². The van der Waals surface area contributed by atoms with Gasteiger partial charge in [0.25, 0.3) is 0 Å². The van der Waals surface area contributed by atoms with Gasteiger partial charge in [-0.05, 0) is 38.3 Å². The third-order valence-corrected chi connectivity index (χ3v) is 2.87. The zero-order valence-corrected chi connectivity index (χ0v) is 11.5. The molecule has 1 rings (SSSR count). The van der Waals surface area contributed by atoms with Crippen molar-refractivity contribution in [1.82, 2.24) is 4.98 Å². The number of pyridine rings is 1. The molecular formula is C14H25N3. The van der Waals surface area contributed by atoms with Crippen molar-refractivity contribution in [3.63, 3.8) is 0 Å². The number of aromatic nitrogens is 1. The predicted molar refractivity (Wildman–Crippen MR) is 75.2 cm³/mol. The van der Waals surface area contributed by atoms with Gasteiger partial charge < -0.3 is 11.1 Å². The van der Waals surface area contributed by atoms with E-state index in [4.69, 9.17) is 5.73 Å². The molecule has 0 aliphatic heterocycles. The average Bonchev–Trinajstić information content (AvgIpc) is 2.23. The van der Waals surface area contributed by atoms with E-state index in [1.165, 1.54) is 12.8 Å². The third kappa shape index (κ3) is 5.07. The summed E-state index contributed by atoms with van der Waals surface area (Å²) < 4.78 is 0. The van der Waals surface area contributed by atoms with Crippen molar-refractivity contribution in [2.75, 3.05) is 11.1 Å². The van der Waals surface area contributed by atoms with E-state index in [0.29, 0.717) is 6.04 Å². The fraction of sp³-hybridized carbons (Fsp3) is 0.643. The number of hydrogen-bond donors (Lipinski definition) is 2. The van der Waals surface area contributed by atoms with Crippen molar-refractivity contribution in [3.8, 4) is 0 Å². The lowest BCUT2D eigenvalue weighted by Crippen LogP contribution is -2.17. The largest absolute Gasteiger partial charge is 0.396 e. The quantitative estimate of drug-likeness (QED) is 0.792. The summed E-state index contributed by atoms with van der Waals surface area (Å²) >= 11 is 0. The maximum Gasteiger partial charge on any atom is 0.149 e. The first-order chi connectivity index (χ1) is 7.99. The van der Waals surface area contributed by atoms with Gasteiger partial charge in [-0.3, -0.25) is 0 Å². The van der Waals surface area contributed by atoms with E-state index < -0.39 is 0 Å². The minimum absolute atomic E-state index is 0.422. The second-order valence-electron chi connectivity index (χ2n) is 5.26. The first kappa shape index (κ1) is 13.8. The van der Waals surface area contributed by atoms with Gasteiger partial charge in [0.05, 0.1) is 5.69 Å². The topological polar surface area (TPSA) is 50.9 Å². The number of rotatable bonds is 6. The first-order valence-electron chi connectivity index (χ1n) is 6.48. The maximum absolute atomic E-state index is 5.89. The highest BCUT2D eigenvalue weighted by atomic mass is 15.0. The Bertz CT molecular complexity index is 347. The molecule has 0 fully saturated rings. The second-order valence-corrected chi connectivity index (χ2v) is 5.26. The van der Waals surface area contributed by atoms with Crippen LogP contribution in [-0.4, -0.2) is 11.0 Å². The van der Waals surface area contributed by atoms with E-state index in [1.54, 1.807) is 0 Å². The molecule has 1 aromatic heterocycles. The van der Waals surface area contributed by atoms with Crippen LogP contribution in [0, 0.1) is 12.8 Å². The molecule has 0 saturated heterocycles. The molecule has 0 spiro atoms. The van der Waals surface area contributed by atoms with Crippen LogP contribution in [0.4, 0.5) is 11.5 Å². The number of nitrogen functional groups attached to an aromatic ring is 1. The van der Waals surface area contributed by atoms with Crippen molar-refractivity contribution in [2.24, 2.45) is 5.92 Å². The van der Waals surface area contributed by atoms with E-state index >= 15 is 0 Å². The number of anilines is 2. The Morgan fingerprint density at radius 2 is 1.94 bits per heavy atom. The summed E-state index contributed by atoms with van der Waals surface area (Å²) in [4.78, 5) is 4.42. The van der Waals surface area contributed by atoms with Crippen LogP contribution in [0.3, 0.4) is 0 Å². The van der Waals surface area contributed by atoms with Crippen LogP contribution in [0.1, 0.15) is 45.7 Å². The summed E-state index contributed by atoms with van der Waals surface area (Å²) in [5, 5.41) is 3.39. The molecule has 0 bridgehead atoms. The van der Waals surface area contributed by atoms with Gasteiger partial charge >= 0.3 is 0 Å². The van der Waals surface area contributed by atoms with Crippen LogP contribution in [0.25, 0.3) is 0 Å². The molecule has 0 aromatic carbocycles. The molecule has 0 saturated carbocycles. The number of nitrogens with one attached hydrogen (secondary N) is 1. The van der Waals surface area contributed by atoms with Gasteiger partial charge in [-0.2, -0.15) is 0 Å². The number of hydrogen-bond acceptors (Lipinski definition) is 3. The third-order valence-electron chi connectivity index (χ3n) is 2.87. The standard InChI is InChI=1S/C14H25N3/c1-10(2)6-5-7-11(3)16-14-13(15)9-8-12(4)17-14/h8-11H,5-7,15H2,1-4H3,(H,16,17). The SMILES string of the molecule is Cc1ccc(N)c(NC(C)CCCC(C)C)n1. The molecule has 17 heavy (non-hydrogen) atoms. The summed E-state index contributed by atoms with van der Waals surface area (Å²) in [5.74, 6) is 1.60. The predicted octanol–water partition coefficient (Wildman–Crippen LogP) is 3.60. The van der Waals surface area contributed by atoms with Crippen molar-refractivity contribution in [1.29, 1.82) is 0 Å². The van der Waals surface area contributed by atoms with Gasteiger partial charge in [0.2, 0.25) is 0 Å². The smallest absolute Gasteiger partial charge is 0.149 e. The highest BCUT2D eigenvalue weighted by Gasteiger charge is 2.06. The summed E-state index contributed by atoms with van der Waals surface area (Å²) in [7, 11) is 0. The molecule has 3 N–H and O–H groups in total. The summed E-state index contributed by atoms with van der Waals surface area (Å²) in [6.45, 7) is 8.69. The Balaban J connectivity index is 2.44. The highest BCUT2D eigenvalue weighted by Crippen LogP contribution is 2.18. The fourth-order valence-electron chi connectivity index (χ4n) is 1.82. The summed E-state index contributed by atoms with van der Waals surface area (Å²) in [6.07, 6.45) is 3.69. The van der Waals surface area contributed by atoms with Gasteiger partial charge in [-0.1, -0.05) is 26.7 Å². The van der Waals surface area contributed by atoms with E-state index in [0.717, 1.165) is 29.5 Å². The van der Waals surface area contributed by atoms with Crippen LogP contribution in [0.15, 0.2) is 12.1 Å². The zero-order valence-electron chi connectivity index (χ0n) is 11.5. The van der Waals surface area contributed by atoms with Crippen LogP contribution >= 0.6 is 0 Å².